The van der Waals surface area contributed by atoms with Gasteiger partial charge in [0.05, 0.1) is 42.2 Å². The van der Waals surface area contributed by atoms with Crippen molar-refractivity contribution in [3.05, 3.63) is 84.5 Å². The number of allylic oxidation sites excluding steroid dienone is 1. The molecule has 1 aliphatic rings. The second-order valence-corrected chi connectivity index (χ2v) is 9.86. The van der Waals surface area contributed by atoms with Crippen LogP contribution in [0.15, 0.2) is 63.5 Å². The molecule has 0 N–H and O–H groups in total. The smallest absolute Gasteiger partial charge is 0.338 e. The molecule has 0 saturated carbocycles. The van der Waals surface area contributed by atoms with Gasteiger partial charge in [0.25, 0.3) is 5.56 Å². The Kier molecular flexibility index (Phi) is 8.36. The van der Waals surface area contributed by atoms with Crippen molar-refractivity contribution in [2.75, 3.05) is 20.3 Å². The van der Waals surface area contributed by atoms with E-state index in [0.29, 0.717) is 50.0 Å². The third kappa shape index (κ3) is 5.38. The number of esters is 1. The first-order chi connectivity index (χ1) is 18.3. The number of thiazole rings is 1. The van der Waals surface area contributed by atoms with Gasteiger partial charge in [-0.3, -0.25) is 9.36 Å². The van der Waals surface area contributed by atoms with E-state index in [4.69, 9.17) is 18.9 Å². The number of aromatic nitrogens is 1. The van der Waals surface area contributed by atoms with Crippen LogP contribution in [0.4, 0.5) is 0 Å². The van der Waals surface area contributed by atoms with Crippen LogP contribution in [-0.4, -0.2) is 37.0 Å². The normalized spacial score (nSPS) is 15.2. The first-order valence-corrected chi connectivity index (χ1v) is 13.4. The van der Waals surface area contributed by atoms with Crippen molar-refractivity contribution in [3.8, 4) is 17.2 Å². The lowest BCUT2D eigenvalue weighted by molar-refractivity contribution is -0.139. The Balaban J connectivity index is 1.91. The molecule has 2 aromatic carbocycles. The Bertz CT molecular complexity index is 1550. The molecule has 1 aliphatic heterocycles. The molecule has 1 atom stereocenters. The lowest BCUT2D eigenvalue weighted by Gasteiger charge is -2.26. The molecule has 0 spiro atoms. The summed E-state index contributed by atoms with van der Waals surface area (Å²) in [6.07, 6.45) is 1.79. The first kappa shape index (κ1) is 27.2. The van der Waals surface area contributed by atoms with Crippen molar-refractivity contribution in [1.29, 1.82) is 0 Å². The summed E-state index contributed by atoms with van der Waals surface area (Å²) in [5, 5.41) is 0. The first-order valence-electron chi connectivity index (χ1n) is 12.5. The van der Waals surface area contributed by atoms with Gasteiger partial charge in [-0.05, 0) is 64.5 Å². The fraction of sp³-hybridized carbons (Fsp3) is 0.345. The topological polar surface area (TPSA) is 88.4 Å². The molecular formula is C29H32N2O6S. The minimum atomic E-state index is -0.744. The number of hydrogen-bond acceptors (Lipinski definition) is 8. The van der Waals surface area contributed by atoms with E-state index >= 15 is 0 Å². The monoisotopic (exact) mass is 536 g/mol. The van der Waals surface area contributed by atoms with Crippen LogP contribution in [0.5, 0.6) is 17.2 Å². The quantitative estimate of drug-likeness (QED) is 0.384. The zero-order valence-electron chi connectivity index (χ0n) is 22.4. The van der Waals surface area contributed by atoms with Crippen molar-refractivity contribution in [1.82, 2.24) is 4.57 Å². The number of carbonyl (C=O) groups excluding carboxylic acids is 1. The van der Waals surface area contributed by atoms with Gasteiger partial charge >= 0.3 is 5.97 Å². The van der Waals surface area contributed by atoms with Crippen molar-refractivity contribution in [3.63, 3.8) is 0 Å². The molecule has 0 amide bonds. The summed E-state index contributed by atoms with van der Waals surface area (Å²) >= 11 is 1.26. The number of para-hydroxylation sites is 1. The predicted molar refractivity (Wildman–Crippen MR) is 147 cm³/mol. The molecule has 2 heterocycles. The predicted octanol–water partition coefficient (Wildman–Crippen LogP) is 3.99. The summed E-state index contributed by atoms with van der Waals surface area (Å²) in [5.41, 5.74) is 2.02. The van der Waals surface area contributed by atoms with Gasteiger partial charge in [0.15, 0.2) is 16.3 Å². The Labute approximate surface area is 225 Å². The highest BCUT2D eigenvalue weighted by molar-refractivity contribution is 7.07. The lowest BCUT2D eigenvalue weighted by atomic mass is 9.95. The minimum absolute atomic E-state index is 0.00478. The van der Waals surface area contributed by atoms with E-state index in [2.05, 4.69) is 4.99 Å². The molecule has 0 unspecified atom stereocenters. The maximum absolute atomic E-state index is 13.9. The summed E-state index contributed by atoms with van der Waals surface area (Å²) in [5.74, 6) is 1.29. The van der Waals surface area contributed by atoms with E-state index in [0.717, 1.165) is 5.56 Å². The summed E-state index contributed by atoms with van der Waals surface area (Å²) in [7, 11) is 1.58. The highest BCUT2D eigenvalue weighted by atomic mass is 32.1. The Morgan fingerprint density at radius 2 is 1.87 bits per heavy atom. The van der Waals surface area contributed by atoms with Crippen LogP contribution in [0.25, 0.3) is 6.08 Å². The maximum atomic E-state index is 13.9. The number of ether oxygens (including phenoxy) is 4. The van der Waals surface area contributed by atoms with Gasteiger partial charge in [-0.25, -0.2) is 9.79 Å². The molecule has 38 heavy (non-hydrogen) atoms. The fourth-order valence-corrected chi connectivity index (χ4v) is 5.40. The molecule has 0 bridgehead atoms. The third-order valence-electron chi connectivity index (χ3n) is 5.88. The van der Waals surface area contributed by atoms with E-state index in [1.54, 1.807) is 31.6 Å². The van der Waals surface area contributed by atoms with Crippen LogP contribution in [0, 0.1) is 0 Å². The molecular weight excluding hydrogens is 504 g/mol. The Morgan fingerprint density at radius 3 is 2.55 bits per heavy atom. The summed E-state index contributed by atoms with van der Waals surface area (Å²) in [6.45, 7) is 9.94. The van der Waals surface area contributed by atoms with Crippen molar-refractivity contribution < 1.29 is 23.7 Å². The molecule has 9 heteroatoms. The van der Waals surface area contributed by atoms with Gasteiger partial charge in [0.1, 0.15) is 11.8 Å². The van der Waals surface area contributed by atoms with Gasteiger partial charge in [0.2, 0.25) is 0 Å². The molecule has 0 saturated heterocycles. The number of nitrogens with zero attached hydrogens (tertiary/aromatic N) is 2. The second-order valence-electron chi connectivity index (χ2n) is 8.85. The number of rotatable bonds is 9. The molecule has 8 nitrogen and oxygen atoms in total. The minimum Gasteiger partial charge on any atom is -0.494 e. The number of methoxy groups -OCH3 is 1. The largest absolute Gasteiger partial charge is 0.494 e. The van der Waals surface area contributed by atoms with Crippen LogP contribution in [-0.2, 0) is 9.53 Å². The molecule has 200 valence electrons. The van der Waals surface area contributed by atoms with Crippen molar-refractivity contribution in [2.45, 2.75) is 46.8 Å². The van der Waals surface area contributed by atoms with Gasteiger partial charge < -0.3 is 18.9 Å². The van der Waals surface area contributed by atoms with Gasteiger partial charge in [-0.2, -0.15) is 0 Å². The number of benzene rings is 2. The molecule has 4 rings (SSSR count). The van der Waals surface area contributed by atoms with E-state index in [1.807, 2.05) is 63.2 Å². The van der Waals surface area contributed by atoms with Crippen LogP contribution < -0.4 is 29.1 Å². The third-order valence-corrected chi connectivity index (χ3v) is 6.86. The molecule has 0 aliphatic carbocycles. The highest BCUT2D eigenvalue weighted by Crippen LogP contribution is 2.36. The van der Waals surface area contributed by atoms with E-state index < -0.39 is 12.0 Å². The van der Waals surface area contributed by atoms with Crippen LogP contribution in [0.2, 0.25) is 0 Å². The standard InChI is InChI=1S/C29H32N2O6S/c1-7-35-21-12-10-9-11-20(21)26-25(28(33)36-8-2)18(5)30-29-31(26)27(32)24(38-29)16-19-13-14-22(37-17(3)4)23(15-19)34-6/h9-17,26H,7-8H2,1-6H3/b24-16-/t26-/m0/s1. The van der Waals surface area contributed by atoms with Crippen molar-refractivity contribution in [2.24, 2.45) is 4.99 Å². The average Bonchev–Trinajstić information content (AvgIpc) is 3.18. The van der Waals surface area contributed by atoms with Gasteiger partial charge in [0, 0.05) is 5.56 Å². The van der Waals surface area contributed by atoms with E-state index in [1.165, 1.54) is 11.3 Å². The molecule has 3 aromatic rings. The Morgan fingerprint density at radius 1 is 1.11 bits per heavy atom. The average molecular weight is 537 g/mol. The summed E-state index contributed by atoms with van der Waals surface area (Å²) < 4.78 is 24.6. The number of fused-ring (bicyclic) bond motifs is 1. The molecule has 0 fully saturated rings. The van der Waals surface area contributed by atoms with Crippen LogP contribution in [0.1, 0.15) is 51.8 Å². The highest BCUT2D eigenvalue weighted by Gasteiger charge is 2.35. The molecule has 0 radical (unpaired) electrons. The fourth-order valence-electron chi connectivity index (χ4n) is 4.36. The number of carbonyl (C=O) groups is 1. The maximum Gasteiger partial charge on any atom is 0.338 e. The van der Waals surface area contributed by atoms with Crippen molar-refractivity contribution >= 4 is 23.4 Å². The zero-order chi connectivity index (χ0) is 27.4. The van der Waals surface area contributed by atoms with E-state index in [-0.39, 0.29) is 18.3 Å². The Hall–Kier alpha value is -3.85. The summed E-state index contributed by atoms with van der Waals surface area (Å²) in [6, 6.07) is 12.2. The van der Waals surface area contributed by atoms with Gasteiger partial charge in [-0.1, -0.05) is 35.6 Å². The lowest BCUT2D eigenvalue weighted by Crippen LogP contribution is -2.40. The zero-order valence-corrected chi connectivity index (χ0v) is 23.3. The SMILES string of the molecule is CCOC(=O)C1=C(C)N=c2s/c(=C\c3ccc(OC(C)C)c(OC)c3)c(=O)n2[C@H]1c1ccccc1OCC. The van der Waals surface area contributed by atoms with Gasteiger partial charge in [-0.15, -0.1) is 0 Å². The van der Waals surface area contributed by atoms with E-state index in [9.17, 15) is 9.59 Å². The number of hydrogen-bond donors (Lipinski definition) is 0. The molecule has 1 aromatic heterocycles. The van der Waals surface area contributed by atoms with Crippen LogP contribution >= 0.6 is 11.3 Å². The van der Waals surface area contributed by atoms with Crippen LogP contribution in [0.3, 0.4) is 0 Å². The summed E-state index contributed by atoms with van der Waals surface area (Å²) in [4.78, 5) is 32.1. The second kappa shape index (κ2) is 11.7.